The Hall–Kier alpha value is -2.14. The summed E-state index contributed by atoms with van der Waals surface area (Å²) in [5.41, 5.74) is 2.81. The van der Waals surface area contributed by atoms with E-state index in [9.17, 15) is 4.79 Å². The first kappa shape index (κ1) is 12.9. The van der Waals surface area contributed by atoms with Gasteiger partial charge in [-0.05, 0) is 42.7 Å². The minimum atomic E-state index is -0.393. The van der Waals surface area contributed by atoms with Gasteiger partial charge in [0.1, 0.15) is 11.5 Å². The number of hydrogen-bond acceptors (Lipinski definition) is 5. The number of aryl methyl sites for hydroxylation is 1. The molecular formula is C15H13NO3S. The summed E-state index contributed by atoms with van der Waals surface area (Å²) in [5, 5.41) is 0. The number of ether oxygens (including phenoxy) is 2. The second kappa shape index (κ2) is 5.88. The Labute approximate surface area is 120 Å². The van der Waals surface area contributed by atoms with Crippen LogP contribution in [-0.4, -0.2) is 17.6 Å². The molecule has 3 rings (SSSR count). The summed E-state index contributed by atoms with van der Waals surface area (Å²) in [5.74, 6) is 1.04. The van der Waals surface area contributed by atoms with Gasteiger partial charge in [-0.15, -0.1) is 11.3 Å². The van der Waals surface area contributed by atoms with E-state index in [-0.39, 0.29) is 0 Å². The molecule has 4 nitrogen and oxygen atoms in total. The minimum Gasteiger partial charge on any atom is -0.493 e. The van der Waals surface area contributed by atoms with Gasteiger partial charge in [-0.2, -0.15) is 0 Å². The summed E-state index contributed by atoms with van der Waals surface area (Å²) >= 11 is 1.47. The molecule has 0 saturated heterocycles. The average Bonchev–Trinajstić information content (AvgIpc) is 2.98. The van der Waals surface area contributed by atoms with Crippen LogP contribution in [0.3, 0.4) is 0 Å². The zero-order chi connectivity index (χ0) is 13.8. The van der Waals surface area contributed by atoms with Crippen molar-refractivity contribution in [1.82, 2.24) is 4.98 Å². The molecule has 2 aromatic rings. The molecule has 0 N–H and O–H groups in total. The number of aromatic nitrogens is 1. The van der Waals surface area contributed by atoms with Crippen molar-refractivity contribution >= 4 is 23.4 Å². The SMILES string of the molecule is O=C(/C=C/c1cncs1)Oc1ccc2c(c1)CCCO2. The summed E-state index contributed by atoms with van der Waals surface area (Å²) in [6.07, 6.45) is 6.75. The van der Waals surface area contributed by atoms with Crippen molar-refractivity contribution in [3.05, 3.63) is 46.4 Å². The molecule has 102 valence electrons. The third kappa shape index (κ3) is 3.05. The number of esters is 1. The molecule has 0 amide bonds. The number of fused-ring (bicyclic) bond motifs is 1. The van der Waals surface area contributed by atoms with Gasteiger partial charge in [-0.25, -0.2) is 4.79 Å². The van der Waals surface area contributed by atoms with E-state index >= 15 is 0 Å². The van der Waals surface area contributed by atoms with E-state index in [1.165, 1.54) is 17.4 Å². The molecule has 0 aliphatic carbocycles. The van der Waals surface area contributed by atoms with Crippen molar-refractivity contribution in [2.24, 2.45) is 0 Å². The van der Waals surface area contributed by atoms with Crippen LogP contribution >= 0.6 is 11.3 Å². The average molecular weight is 287 g/mol. The molecule has 1 aromatic heterocycles. The van der Waals surface area contributed by atoms with Crippen LogP contribution in [0.2, 0.25) is 0 Å². The fourth-order valence-corrected chi connectivity index (χ4v) is 2.52. The van der Waals surface area contributed by atoms with Crippen molar-refractivity contribution in [2.45, 2.75) is 12.8 Å². The largest absolute Gasteiger partial charge is 0.493 e. The van der Waals surface area contributed by atoms with E-state index in [1.54, 1.807) is 23.8 Å². The van der Waals surface area contributed by atoms with Crippen LogP contribution in [0.25, 0.3) is 6.08 Å². The minimum absolute atomic E-state index is 0.393. The lowest BCUT2D eigenvalue weighted by molar-refractivity contribution is -0.128. The molecule has 0 bridgehead atoms. The first-order valence-electron chi connectivity index (χ1n) is 6.35. The molecule has 0 atom stereocenters. The molecule has 1 aliphatic heterocycles. The van der Waals surface area contributed by atoms with Crippen molar-refractivity contribution in [1.29, 1.82) is 0 Å². The van der Waals surface area contributed by atoms with E-state index in [4.69, 9.17) is 9.47 Å². The molecule has 0 unspecified atom stereocenters. The summed E-state index contributed by atoms with van der Waals surface area (Å²) in [7, 11) is 0. The molecule has 0 fully saturated rings. The number of hydrogen-bond donors (Lipinski definition) is 0. The van der Waals surface area contributed by atoms with Gasteiger partial charge in [-0.1, -0.05) is 0 Å². The molecule has 0 saturated carbocycles. The van der Waals surface area contributed by atoms with Crippen molar-refractivity contribution in [2.75, 3.05) is 6.61 Å². The lowest BCUT2D eigenvalue weighted by Crippen LogP contribution is -2.09. The van der Waals surface area contributed by atoms with Crippen LogP contribution in [0.4, 0.5) is 0 Å². The van der Waals surface area contributed by atoms with Gasteiger partial charge >= 0.3 is 5.97 Å². The smallest absolute Gasteiger partial charge is 0.336 e. The highest BCUT2D eigenvalue weighted by Crippen LogP contribution is 2.28. The van der Waals surface area contributed by atoms with Gasteiger partial charge in [0.2, 0.25) is 0 Å². The van der Waals surface area contributed by atoms with Gasteiger partial charge in [0.05, 0.1) is 12.1 Å². The number of thiazole rings is 1. The standard InChI is InChI=1S/C15H13NO3S/c17-15(6-4-13-9-16-10-20-13)19-12-3-5-14-11(8-12)2-1-7-18-14/h3-6,8-10H,1-2,7H2/b6-4+. The molecule has 1 aromatic carbocycles. The van der Waals surface area contributed by atoms with Crippen LogP contribution in [0, 0.1) is 0 Å². The van der Waals surface area contributed by atoms with Gasteiger partial charge in [0.25, 0.3) is 0 Å². The van der Waals surface area contributed by atoms with Gasteiger partial charge in [0, 0.05) is 17.2 Å². The third-order valence-electron chi connectivity index (χ3n) is 2.93. The molecule has 5 heteroatoms. The van der Waals surface area contributed by atoms with Crippen LogP contribution in [-0.2, 0) is 11.2 Å². The van der Waals surface area contributed by atoms with Crippen molar-refractivity contribution in [3.8, 4) is 11.5 Å². The molecule has 2 heterocycles. The Morgan fingerprint density at radius 1 is 1.45 bits per heavy atom. The van der Waals surface area contributed by atoms with Crippen molar-refractivity contribution in [3.63, 3.8) is 0 Å². The summed E-state index contributed by atoms with van der Waals surface area (Å²) in [4.78, 5) is 16.6. The van der Waals surface area contributed by atoms with Gasteiger partial charge in [-0.3, -0.25) is 4.98 Å². The van der Waals surface area contributed by atoms with Crippen LogP contribution in [0.15, 0.2) is 36.0 Å². The Balaban J connectivity index is 1.67. The van der Waals surface area contributed by atoms with Gasteiger partial charge < -0.3 is 9.47 Å². The highest BCUT2D eigenvalue weighted by Gasteiger charge is 2.11. The zero-order valence-electron chi connectivity index (χ0n) is 10.7. The monoisotopic (exact) mass is 287 g/mol. The molecule has 20 heavy (non-hydrogen) atoms. The summed E-state index contributed by atoms with van der Waals surface area (Å²) in [6.45, 7) is 0.754. The second-order valence-corrected chi connectivity index (χ2v) is 5.30. The fraction of sp³-hybridized carbons (Fsp3) is 0.200. The summed E-state index contributed by atoms with van der Waals surface area (Å²) < 4.78 is 10.8. The van der Waals surface area contributed by atoms with E-state index in [0.29, 0.717) is 5.75 Å². The van der Waals surface area contributed by atoms with Crippen molar-refractivity contribution < 1.29 is 14.3 Å². The van der Waals surface area contributed by atoms with Gasteiger partial charge in [0.15, 0.2) is 0 Å². The molecular weight excluding hydrogens is 274 g/mol. The highest BCUT2D eigenvalue weighted by atomic mass is 32.1. The second-order valence-electron chi connectivity index (χ2n) is 4.38. The summed E-state index contributed by atoms with van der Waals surface area (Å²) in [6, 6.07) is 5.47. The lowest BCUT2D eigenvalue weighted by Gasteiger charge is -2.17. The topological polar surface area (TPSA) is 48.4 Å². The van der Waals surface area contributed by atoms with E-state index in [2.05, 4.69) is 4.98 Å². The molecule has 1 aliphatic rings. The maximum absolute atomic E-state index is 11.7. The van der Waals surface area contributed by atoms with Crippen LogP contribution < -0.4 is 9.47 Å². The number of carbonyl (C=O) groups is 1. The maximum atomic E-state index is 11.7. The zero-order valence-corrected chi connectivity index (χ0v) is 11.6. The van der Waals surface area contributed by atoms with E-state index in [0.717, 1.165) is 35.6 Å². The number of nitrogens with zero attached hydrogens (tertiary/aromatic N) is 1. The third-order valence-corrected chi connectivity index (χ3v) is 3.67. The quantitative estimate of drug-likeness (QED) is 0.494. The fourth-order valence-electron chi connectivity index (χ4n) is 2.01. The Kier molecular flexibility index (Phi) is 3.78. The first-order chi connectivity index (χ1) is 9.81. The Morgan fingerprint density at radius 2 is 2.40 bits per heavy atom. The number of benzene rings is 1. The Bertz CT molecular complexity index is 635. The maximum Gasteiger partial charge on any atom is 0.336 e. The highest BCUT2D eigenvalue weighted by molar-refractivity contribution is 7.10. The van der Waals surface area contributed by atoms with E-state index < -0.39 is 5.97 Å². The normalized spacial score (nSPS) is 13.8. The Morgan fingerprint density at radius 3 is 3.25 bits per heavy atom. The lowest BCUT2D eigenvalue weighted by atomic mass is 10.1. The molecule has 0 spiro atoms. The predicted octanol–water partition coefficient (Wildman–Crippen LogP) is 3.09. The predicted molar refractivity (Wildman–Crippen MR) is 77.0 cm³/mol. The van der Waals surface area contributed by atoms with Crippen LogP contribution in [0.5, 0.6) is 11.5 Å². The molecule has 0 radical (unpaired) electrons. The van der Waals surface area contributed by atoms with E-state index in [1.807, 2.05) is 12.1 Å². The number of carbonyl (C=O) groups excluding carboxylic acids is 1. The first-order valence-corrected chi connectivity index (χ1v) is 7.23. The number of rotatable bonds is 3. The van der Waals surface area contributed by atoms with Crippen LogP contribution in [0.1, 0.15) is 16.9 Å².